The molecule has 6 heteroatoms. The zero-order valence-electron chi connectivity index (χ0n) is 19.0. The highest BCUT2D eigenvalue weighted by atomic mass is 16.5. The second kappa shape index (κ2) is 11.2. The molecule has 3 rings (SSSR count). The first-order chi connectivity index (χ1) is 15.1. The summed E-state index contributed by atoms with van der Waals surface area (Å²) in [4.78, 5) is 8.66. The molecule has 1 heterocycles. The Morgan fingerprint density at radius 1 is 1.06 bits per heavy atom. The van der Waals surface area contributed by atoms with Gasteiger partial charge in [0.25, 0.3) is 0 Å². The highest BCUT2D eigenvalue weighted by Crippen LogP contribution is 2.20. The van der Waals surface area contributed by atoms with E-state index in [9.17, 15) is 0 Å². The molecule has 0 aliphatic carbocycles. The standard InChI is InChI=1S/C25H33N5O/c1-5-13-31-24-14-19(2)9-10-23(24)17-29-25(26-4)28-16-21-7-6-8-22(15-21)18-30-12-11-27-20(30)3/h6-12,14-15H,5,13,16-18H2,1-4H3,(H2,26,28,29). The molecule has 2 N–H and O–H groups in total. The van der Waals surface area contributed by atoms with Gasteiger partial charge in [0.1, 0.15) is 11.6 Å². The van der Waals surface area contributed by atoms with Crippen molar-refractivity contribution >= 4 is 5.96 Å². The van der Waals surface area contributed by atoms with Crippen molar-refractivity contribution in [1.29, 1.82) is 0 Å². The summed E-state index contributed by atoms with van der Waals surface area (Å²) in [5.74, 6) is 2.72. The van der Waals surface area contributed by atoms with Crippen LogP contribution < -0.4 is 15.4 Å². The van der Waals surface area contributed by atoms with Crippen molar-refractivity contribution in [1.82, 2.24) is 20.2 Å². The van der Waals surface area contributed by atoms with E-state index in [0.717, 1.165) is 42.7 Å². The molecule has 0 amide bonds. The Labute approximate surface area is 185 Å². The van der Waals surface area contributed by atoms with Gasteiger partial charge >= 0.3 is 0 Å². The zero-order valence-corrected chi connectivity index (χ0v) is 19.0. The lowest BCUT2D eigenvalue weighted by Crippen LogP contribution is -2.36. The van der Waals surface area contributed by atoms with Crippen LogP contribution in [0.25, 0.3) is 0 Å². The van der Waals surface area contributed by atoms with Crippen LogP contribution >= 0.6 is 0 Å². The van der Waals surface area contributed by atoms with Crippen molar-refractivity contribution in [2.24, 2.45) is 4.99 Å². The monoisotopic (exact) mass is 419 g/mol. The Kier molecular flexibility index (Phi) is 8.10. The third-order valence-corrected chi connectivity index (χ3v) is 5.08. The topological polar surface area (TPSA) is 63.5 Å². The van der Waals surface area contributed by atoms with Crippen molar-refractivity contribution in [3.05, 3.63) is 82.9 Å². The SMILES string of the molecule is CCCOc1cc(C)ccc1CNC(=NC)NCc1cccc(Cn2ccnc2C)c1. The molecule has 0 saturated heterocycles. The van der Waals surface area contributed by atoms with E-state index in [-0.39, 0.29) is 0 Å². The van der Waals surface area contributed by atoms with Gasteiger partial charge in [-0.25, -0.2) is 4.98 Å². The summed E-state index contributed by atoms with van der Waals surface area (Å²) in [6.45, 7) is 9.11. The number of aliphatic imine (C=N–C) groups is 1. The first-order valence-corrected chi connectivity index (χ1v) is 10.8. The number of nitrogens with one attached hydrogen (secondary N) is 2. The normalized spacial score (nSPS) is 11.4. The van der Waals surface area contributed by atoms with Gasteiger partial charge in [-0.15, -0.1) is 0 Å². The molecule has 164 valence electrons. The number of nitrogens with zero attached hydrogens (tertiary/aromatic N) is 3. The van der Waals surface area contributed by atoms with Gasteiger partial charge in [0.2, 0.25) is 0 Å². The van der Waals surface area contributed by atoms with E-state index >= 15 is 0 Å². The third-order valence-electron chi connectivity index (χ3n) is 5.08. The zero-order chi connectivity index (χ0) is 22.1. The molecule has 0 radical (unpaired) electrons. The van der Waals surface area contributed by atoms with Gasteiger partial charge in [-0.3, -0.25) is 4.99 Å². The molecule has 1 aromatic heterocycles. The number of rotatable bonds is 9. The Hall–Kier alpha value is -3.28. The van der Waals surface area contributed by atoms with Gasteiger partial charge in [-0.1, -0.05) is 43.3 Å². The van der Waals surface area contributed by atoms with Crippen molar-refractivity contribution in [3.63, 3.8) is 0 Å². The van der Waals surface area contributed by atoms with Crippen molar-refractivity contribution in [3.8, 4) is 5.75 Å². The summed E-state index contributed by atoms with van der Waals surface area (Å²) in [7, 11) is 1.79. The minimum absolute atomic E-state index is 0.652. The minimum Gasteiger partial charge on any atom is -0.493 e. The predicted octanol–water partition coefficient (Wildman–Crippen LogP) is 4.20. The number of ether oxygens (including phenoxy) is 1. The van der Waals surface area contributed by atoms with Crippen LogP contribution in [-0.2, 0) is 19.6 Å². The van der Waals surface area contributed by atoms with Gasteiger partial charge in [-0.2, -0.15) is 0 Å². The molecule has 6 nitrogen and oxygen atoms in total. The predicted molar refractivity (Wildman–Crippen MR) is 127 cm³/mol. The van der Waals surface area contributed by atoms with Crippen LogP contribution in [0, 0.1) is 13.8 Å². The third kappa shape index (κ3) is 6.60. The Bertz CT molecular complexity index is 1010. The van der Waals surface area contributed by atoms with Crippen LogP contribution in [0.3, 0.4) is 0 Å². The van der Waals surface area contributed by atoms with Gasteiger partial charge < -0.3 is 19.9 Å². The molecule has 0 spiro atoms. The first-order valence-electron chi connectivity index (χ1n) is 10.8. The van der Waals surface area contributed by atoms with Crippen molar-refractivity contribution < 1.29 is 4.74 Å². The van der Waals surface area contributed by atoms with E-state index in [0.29, 0.717) is 13.1 Å². The minimum atomic E-state index is 0.652. The van der Waals surface area contributed by atoms with Gasteiger partial charge in [0.15, 0.2) is 5.96 Å². The Morgan fingerprint density at radius 3 is 2.61 bits per heavy atom. The fraction of sp³-hybridized carbons (Fsp3) is 0.360. The largest absolute Gasteiger partial charge is 0.493 e. The van der Waals surface area contributed by atoms with Crippen molar-refractivity contribution in [2.75, 3.05) is 13.7 Å². The summed E-state index contributed by atoms with van der Waals surface area (Å²) in [5.41, 5.74) is 4.78. The molecule has 0 unspecified atom stereocenters. The summed E-state index contributed by atoms with van der Waals surface area (Å²) in [6, 6.07) is 14.9. The maximum absolute atomic E-state index is 5.92. The number of hydrogen-bond acceptors (Lipinski definition) is 3. The van der Waals surface area contributed by atoms with Gasteiger partial charge in [0.05, 0.1) is 6.61 Å². The summed E-state index contributed by atoms with van der Waals surface area (Å²) in [5, 5.41) is 6.80. The highest BCUT2D eigenvalue weighted by molar-refractivity contribution is 5.79. The smallest absolute Gasteiger partial charge is 0.191 e. The fourth-order valence-electron chi connectivity index (χ4n) is 3.35. The molecule has 0 bridgehead atoms. The number of benzene rings is 2. The summed E-state index contributed by atoms with van der Waals surface area (Å²) in [6.07, 6.45) is 4.84. The van der Waals surface area contributed by atoms with E-state index in [1.165, 1.54) is 16.7 Å². The van der Waals surface area contributed by atoms with E-state index in [1.807, 2.05) is 19.3 Å². The van der Waals surface area contributed by atoms with Crippen LogP contribution in [0.4, 0.5) is 0 Å². The fourth-order valence-corrected chi connectivity index (χ4v) is 3.35. The lowest BCUT2D eigenvalue weighted by Gasteiger charge is -2.15. The molecule has 0 aliphatic rings. The average Bonchev–Trinajstić information content (AvgIpc) is 3.18. The van der Waals surface area contributed by atoms with E-state index < -0.39 is 0 Å². The maximum Gasteiger partial charge on any atom is 0.191 e. The number of guanidine groups is 1. The van der Waals surface area contributed by atoms with Crippen LogP contribution in [0.1, 0.15) is 41.4 Å². The molecule has 0 aliphatic heterocycles. The molecule has 0 atom stereocenters. The van der Waals surface area contributed by atoms with Crippen LogP contribution in [0.5, 0.6) is 5.75 Å². The van der Waals surface area contributed by atoms with Gasteiger partial charge in [-0.05, 0) is 43.0 Å². The van der Waals surface area contributed by atoms with Gasteiger partial charge in [0, 0.05) is 44.6 Å². The molecule has 2 aromatic carbocycles. The molecule has 3 aromatic rings. The number of aryl methyl sites for hydroxylation is 2. The molecule has 0 fully saturated rings. The quantitative estimate of drug-likeness (QED) is 0.403. The lowest BCUT2D eigenvalue weighted by atomic mass is 10.1. The van der Waals surface area contributed by atoms with Crippen LogP contribution in [0.15, 0.2) is 59.9 Å². The summed E-state index contributed by atoms with van der Waals surface area (Å²) < 4.78 is 8.07. The first kappa shape index (κ1) is 22.4. The van der Waals surface area contributed by atoms with E-state index in [1.54, 1.807) is 7.05 Å². The number of aromatic nitrogens is 2. The Balaban J connectivity index is 1.57. The average molecular weight is 420 g/mol. The molecule has 0 saturated carbocycles. The molecular formula is C25H33N5O. The molecular weight excluding hydrogens is 386 g/mol. The van der Waals surface area contributed by atoms with Crippen LogP contribution in [-0.4, -0.2) is 29.2 Å². The van der Waals surface area contributed by atoms with E-state index in [4.69, 9.17) is 4.74 Å². The summed E-state index contributed by atoms with van der Waals surface area (Å²) >= 11 is 0. The maximum atomic E-state index is 5.92. The van der Waals surface area contributed by atoms with E-state index in [2.05, 4.69) is 81.5 Å². The molecule has 31 heavy (non-hydrogen) atoms. The number of hydrogen-bond donors (Lipinski definition) is 2. The Morgan fingerprint density at radius 2 is 1.87 bits per heavy atom. The van der Waals surface area contributed by atoms with Crippen LogP contribution in [0.2, 0.25) is 0 Å². The second-order valence-corrected chi connectivity index (χ2v) is 7.66. The second-order valence-electron chi connectivity index (χ2n) is 7.66. The van der Waals surface area contributed by atoms with Crippen molar-refractivity contribution in [2.45, 2.75) is 46.8 Å². The lowest BCUT2D eigenvalue weighted by molar-refractivity contribution is 0.313. The number of imidazole rings is 1. The highest BCUT2D eigenvalue weighted by Gasteiger charge is 2.06.